The Labute approximate surface area is 240 Å². The number of pyridine rings is 1. The summed E-state index contributed by atoms with van der Waals surface area (Å²) in [4.78, 5) is 48.1. The number of anilines is 3. The van der Waals surface area contributed by atoms with Crippen LogP contribution in [0.15, 0.2) is 41.3 Å². The molecule has 1 aromatic carbocycles. The lowest BCUT2D eigenvalue weighted by atomic mass is 10.1. The molecule has 5 N–H and O–H groups in total. The minimum absolute atomic E-state index is 0.303. The Morgan fingerprint density at radius 1 is 0.878 bits per heavy atom. The zero-order valence-electron chi connectivity index (χ0n) is 24.6. The van der Waals surface area contributed by atoms with Crippen molar-refractivity contribution in [1.29, 1.82) is 0 Å². The van der Waals surface area contributed by atoms with E-state index in [1.165, 1.54) is 0 Å². The fraction of sp³-hybridized carbons (Fsp3) is 0.483. The highest BCUT2D eigenvalue weighted by Gasteiger charge is 2.17. The summed E-state index contributed by atoms with van der Waals surface area (Å²) in [5.41, 5.74) is 0.918. The monoisotopic (exact) mass is 567 g/mol. The predicted octanol–water partition coefficient (Wildman–Crippen LogP) is 4.85. The highest BCUT2D eigenvalue weighted by Crippen LogP contribution is 2.23. The molecule has 12 nitrogen and oxygen atoms in total. The second kappa shape index (κ2) is 13.8. The number of aromatic amines is 1. The van der Waals surface area contributed by atoms with Gasteiger partial charge in [-0.15, -0.1) is 0 Å². The fourth-order valence-corrected chi connectivity index (χ4v) is 3.79. The molecule has 2 heterocycles. The van der Waals surface area contributed by atoms with Gasteiger partial charge in [0.25, 0.3) is 5.56 Å². The summed E-state index contributed by atoms with van der Waals surface area (Å²) in [6.07, 6.45) is 2.73. The summed E-state index contributed by atoms with van der Waals surface area (Å²) in [5, 5.41) is 12.3. The minimum atomic E-state index is -0.555. The van der Waals surface area contributed by atoms with Gasteiger partial charge in [-0.3, -0.25) is 4.79 Å². The third-order valence-electron chi connectivity index (χ3n) is 5.42. The van der Waals surface area contributed by atoms with Crippen LogP contribution in [0.25, 0.3) is 10.9 Å². The first-order valence-corrected chi connectivity index (χ1v) is 13.7. The first-order valence-electron chi connectivity index (χ1n) is 13.7. The van der Waals surface area contributed by atoms with Crippen LogP contribution in [-0.2, 0) is 15.9 Å². The number of carbonyl (C=O) groups excluding carboxylic acids is 2. The van der Waals surface area contributed by atoms with E-state index in [0.717, 1.165) is 24.1 Å². The lowest BCUT2D eigenvalue weighted by molar-refractivity contribution is 0.0516. The first-order chi connectivity index (χ1) is 19.3. The van der Waals surface area contributed by atoms with Crippen LogP contribution >= 0.6 is 0 Å². The van der Waals surface area contributed by atoms with Crippen molar-refractivity contribution >= 4 is 40.5 Å². The molecule has 0 unspecified atom stereocenters. The molecule has 3 rings (SSSR count). The number of aromatic nitrogens is 3. The summed E-state index contributed by atoms with van der Waals surface area (Å²) in [7, 11) is 0. The Morgan fingerprint density at radius 3 is 2.20 bits per heavy atom. The standard InChI is InChI=1S/C29H41N7O5/c1-28(2,3)40-26(38)32-14-8-11-19-10-7-12-20(18-19)34-23-22-21(13-17-30-24(22)37)35-25(36-23)31-15-9-16-33-27(39)41-29(4,5)6/h7,10,12-13,17-18H,8-9,11,14-16H2,1-6H3,(H,30,37)(H,32,38)(H,33,39)(H2,31,34,35,36). The highest BCUT2D eigenvalue weighted by atomic mass is 16.6. The molecule has 41 heavy (non-hydrogen) atoms. The lowest BCUT2D eigenvalue weighted by Gasteiger charge is -2.19. The topological polar surface area (TPSA) is 159 Å². The molecule has 0 atom stereocenters. The number of carbonyl (C=O) groups is 2. The number of nitrogens with zero attached hydrogens (tertiary/aromatic N) is 2. The molecule has 12 heteroatoms. The minimum Gasteiger partial charge on any atom is -0.444 e. The number of fused-ring (bicyclic) bond motifs is 1. The Kier molecular flexibility index (Phi) is 10.5. The average molecular weight is 568 g/mol. The van der Waals surface area contributed by atoms with E-state index in [0.29, 0.717) is 48.7 Å². The van der Waals surface area contributed by atoms with Crippen LogP contribution in [0.1, 0.15) is 59.9 Å². The number of hydrogen-bond acceptors (Lipinski definition) is 9. The predicted molar refractivity (Wildman–Crippen MR) is 160 cm³/mol. The van der Waals surface area contributed by atoms with E-state index in [-0.39, 0.29) is 5.56 Å². The number of amides is 2. The number of nitrogens with one attached hydrogen (secondary N) is 5. The molecule has 0 aliphatic carbocycles. The third-order valence-corrected chi connectivity index (χ3v) is 5.42. The van der Waals surface area contributed by atoms with Gasteiger partial charge in [0, 0.05) is 31.5 Å². The molecule has 0 spiro atoms. The average Bonchev–Trinajstić information content (AvgIpc) is 2.84. The van der Waals surface area contributed by atoms with E-state index in [2.05, 4.69) is 36.2 Å². The molecule has 222 valence electrons. The Bertz CT molecular complexity index is 1390. The Balaban J connectivity index is 1.62. The zero-order valence-corrected chi connectivity index (χ0v) is 24.6. The molecule has 0 saturated heterocycles. The normalized spacial score (nSPS) is 11.6. The number of benzene rings is 1. The van der Waals surface area contributed by atoms with Crippen molar-refractivity contribution < 1.29 is 19.1 Å². The molecular weight excluding hydrogens is 526 g/mol. The number of rotatable bonds is 11. The number of H-pyrrole nitrogens is 1. The third kappa shape index (κ3) is 11.0. The van der Waals surface area contributed by atoms with Gasteiger partial charge in [0.1, 0.15) is 22.4 Å². The van der Waals surface area contributed by atoms with Crippen molar-refractivity contribution in [1.82, 2.24) is 25.6 Å². The number of aryl methyl sites for hydroxylation is 1. The van der Waals surface area contributed by atoms with E-state index in [9.17, 15) is 14.4 Å². The van der Waals surface area contributed by atoms with E-state index >= 15 is 0 Å². The Hall–Kier alpha value is -4.35. The number of ether oxygens (including phenoxy) is 2. The zero-order chi connectivity index (χ0) is 30.0. The highest BCUT2D eigenvalue weighted by molar-refractivity contribution is 5.90. The number of alkyl carbamates (subject to hydrolysis) is 2. The van der Waals surface area contributed by atoms with Crippen LogP contribution in [0.5, 0.6) is 0 Å². The summed E-state index contributed by atoms with van der Waals surface area (Å²) < 4.78 is 10.5. The van der Waals surface area contributed by atoms with Crippen molar-refractivity contribution in [2.45, 2.75) is 72.0 Å². The molecule has 0 aliphatic rings. The molecule has 2 aromatic heterocycles. The molecule has 0 fully saturated rings. The molecule has 0 aliphatic heterocycles. The summed E-state index contributed by atoms with van der Waals surface area (Å²) in [6, 6.07) is 9.51. The van der Waals surface area contributed by atoms with E-state index in [1.54, 1.807) is 12.3 Å². The van der Waals surface area contributed by atoms with Gasteiger partial charge in [0.05, 0.1) is 5.52 Å². The molecule has 2 amide bonds. The van der Waals surface area contributed by atoms with Crippen LogP contribution in [0.3, 0.4) is 0 Å². The van der Waals surface area contributed by atoms with E-state index in [4.69, 9.17) is 9.47 Å². The van der Waals surface area contributed by atoms with Crippen molar-refractivity contribution in [3.05, 3.63) is 52.4 Å². The Morgan fingerprint density at radius 2 is 1.54 bits per heavy atom. The van der Waals surface area contributed by atoms with Gasteiger partial charge >= 0.3 is 12.2 Å². The second-order valence-corrected chi connectivity index (χ2v) is 11.5. The van der Waals surface area contributed by atoms with Crippen LogP contribution in [0.2, 0.25) is 0 Å². The van der Waals surface area contributed by atoms with Gasteiger partial charge < -0.3 is 35.7 Å². The maximum atomic E-state index is 12.7. The van der Waals surface area contributed by atoms with Crippen molar-refractivity contribution in [3.63, 3.8) is 0 Å². The summed E-state index contributed by atoms with van der Waals surface area (Å²) in [5.74, 6) is 0.724. The van der Waals surface area contributed by atoms with Gasteiger partial charge in [0.15, 0.2) is 0 Å². The SMILES string of the molecule is CC(C)(C)OC(=O)NCCCNc1nc(Nc2cccc(CCCNC(=O)OC(C)(C)C)c2)c2c(=O)[nH]ccc2n1. The molecule has 0 saturated carbocycles. The maximum absolute atomic E-state index is 12.7. The number of hydrogen-bond donors (Lipinski definition) is 5. The van der Waals surface area contributed by atoms with E-state index < -0.39 is 23.4 Å². The van der Waals surface area contributed by atoms with Crippen LogP contribution in [0.4, 0.5) is 27.0 Å². The quantitative estimate of drug-likeness (QED) is 0.204. The first kappa shape index (κ1) is 31.2. The van der Waals surface area contributed by atoms with Gasteiger partial charge in [0.2, 0.25) is 5.95 Å². The summed E-state index contributed by atoms with van der Waals surface area (Å²) in [6.45, 7) is 12.3. The van der Waals surface area contributed by atoms with Crippen LogP contribution in [-0.4, -0.2) is 58.0 Å². The fourth-order valence-electron chi connectivity index (χ4n) is 3.79. The molecule has 0 bridgehead atoms. The molecular formula is C29H41N7O5. The van der Waals surface area contributed by atoms with Gasteiger partial charge in [-0.25, -0.2) is 14.6 Å². The second-order valence-electron chi connectivity index (χ2n) is 11.5. The van der Waals surface area contributed by atoms with Crippen molar-refractivity contribution in [2.75, 3.05) is 30.3 Å². The lowest BCUT2D eigenvalue weighted by Crippen LogP contribution is -2.33. The van der Waals surface area contributed by atoms with Gasteiger partial charge in [-0.2, -0.15) is 4.98 Å². The van der Waals surface area contributed by atoms with Crippen LogP contribution in [0, 0.1) is 0 Å². The van der Waals surface area contributed by atoms with Crippen molar-refractivity contribution in [3.8, 4) is 0 Å². The van der Waals surface area contributed by atoms with Crippen molar-refractivity contribution in [2.24, 2.45) is 0 Å². The summed E-state index contributed by atoms with van der Waals surface area (Å²) >= 11 is 0. The van der Waals surface area contributed by atoms with Crippen LogP contribution < -0.4 is 26.8 Å². The molecule has 3 aromatic rings. The smallest absolute Gasteiger partial charge is 0.407 e. The van der Waals surface area contributed by atoms with Gasteiger partial charge in [-0.05, 0) is 84.6 Å². The maximum Gasteiger partial charge on any atom is 0.407 e. The molecule has 0 radical (unpaired) electrons. The van der Waals surface area contributed by atoms with E-state index in [1.807, 2.05) is 65.8 Å². The van der Waals surface area contributed by atoms with Gasteiger partial charge in [-0.1, -0.05) is 12.1 Å². The largest absolute Gasteiger partial charge is 0.444 e.